The Bertz CT molecular complexity index is 1370. The zero-order valence-electron chi connectivity index (χ0n) is 20.5. The third-order valence-electron chi connectivity index (χ3n) is 7.50. The van der Waals surface area contributed by atoms with Crippen molar-refractivity contribution in [2.45, 2.75) is 63.5 Å². The molecule has 0 bridgehead atoms. The first-order valence-electron chi connectivity index (χ1n) is 13.4. The van der Waals surface area contributed by atoms with Gasteiger partial charge in [0.25, 0.3) is 0 Å². The minimum atomic E-state index is 0.459. The number of benzene rings is 1. The fourth-order valence-electron chi connectivity index (χ4n) is 5.10. The molecule has 3 aliphatic carbocycles. The molecule has 0 amide bonds. The number of anilines is 2. The predicted molar refractivity (Wildman–Crippen MR) is 142 cm³/mol. The van der Waals surface area contributed by atoms with Crippen molar-refractivity contribution in [3.8, 4) is 28.3 Å². The lowest BCUT2D eigenvalue weighted by Crippen LogP contribution is -2.16. The van der Waals surface area contributed by atoms with Crippen LogP contribution in [0.15, 0.2) is 54.7 Å². The number of ether oxygens (including phenoxy) is 1. The summed E-state index contributed by atoms with van der Waals surface area (Å²) in [6.45, 7) is 0.812. The molecule has 4 aromatic rings. The standard InChI is InChI=1S/C29H32N6O/c1-2-5-21(4-1)32-29-30-17-16-24(33-29)27-25-6-3-7-26(31-22-12-13-22)35(25)34-28(27)20-10-14-23(15-11-20)36-18-19-8-9-19/h3,6-7,10-11,14-17,19,21-22,31H,1-2,4-5,8-9,12-13,18H2,(H,30,32,33). The van der Waals surface area contributed by atoms with Gasteiger partial charge in [-0.3, -0.25) is 0 Å². The molecule has 0 unspecified atom stereocenters. The van der Waals surface area contributed by atoms with Gasteiger partial charge in [0.15, 0.2) is 0 Å². The minimum absolute atomic E-state index is 0.459. The number of nitrogens with zero attached hydrogens (tertiary/aromatic N) is 4. The number of nitrogens with one attached hydrogen (secondary N) is 2. The lowest BCUT2D eigenvalue weighted by atomic mass is 10.0. The summed E-state index contributed by atoms with van der Waals surface area (Å²) in [5.74, 6) is 3.36. The molecule has 3 aromatic heterocycles. The third-order valence-corrected chi connectivity index (χ3v) is 7.50. The van der Waals surface area contributed by atoms with Gasteiger partial charge in [-0.1, -0.05) is 18.9 Å². The van der Waals surface area contributed by atoms with Gasteiger partial charge in [-0.2, -0.15) is 5.10 Å². The molecule has 3 fully saturated rings. The van der Waals surface area contributed by atoms with Crippen molar-refractivity contribution < 1.29 is 4.74 Å². The van der Waals surface area contributed by atoms with Crippen LogP contribution in [0.5, 0.6) is 5.75 Å². The van der Waals surface area contributed by atoms with Crippen LogP contribution >= 0.6 is 0 Å². The lowest BCUT2D eigenvalue weighted by molar-refractivity contribution is 0.300. The van der Waals surface area contributed by atoms with E-state index in [1.165, 1.54) is 51.4 Å². The van der Waals surface area contributed by atoms with E-state index in [1.807, 2.05) is 16.8 Å². The van der Waals surface area contributed by atoms with Gasteiger partial charge < -0.3 is 15.4 Å². The van der Waals surface area contributed by atoms with E-state index in [4.69, 9.17) is 14.8 Å². The predicted octanol–water partition coefficient (Wildman–Crippen LogP) is 6.18. The maximum absolute atomic E-state index is 5.98. The van der Waals surface area contributed by atoms with E-state index in [2.05, 4.69) is 58.1 Å². The summed E-state index contributed by atoms with van der Waals surface area (Å²) in [7, 11) is 0. The van der Waals surface area contributed by atoms with Crippen molar-refractivity contribution in [1.82, 2.24) is 19.6 Å². The van der Waals surface area contributed by atoms with Gasteiger partial charge in [0.05, 0.1) is 23.4 Å². The van der Waals surface area contributed by atoms with E-state index in [0.29, 0.717) is 18.0 Å². The highest BCUT2D eigenvalue weighted by Crippen LogP contribution is 2.37. The van der Waals surface area contributed by atoms with E-state index in [0.717, 1.165) is 52.1 Å². The molecule has 3 saturated carbocycles. The molecule has 0 spiro atoms. The Morgan fingerprint density at radius 3 is 2.44 bits per heavy atom. The summed E-state index contributed by atoms with van der Waals surface area (Å²) < 4.78 is 8.01. The molecule has 7 rings (SSSR count). The average molecular weight is 481 g/mol. The van der Waals surface area contributed by atoms with E-state index < -0.39 is 0 Å². The van der Waals surface area contributed by atoms with E-state index in [1.54, 1.807) is 0 Å². The normalized spacial score (nSPS) is 18.0. The highest BCUT2D eigenvalue weighted by atomic mass is 16.5. The number of hydrogen-bond donors (Lipinski definition) is 2. The van der Waals surface area contributed by atoms with E-state index in [9.17, 15) is 0 Å². The van der Waals surface area contributed by atoms with Crippen LogP contribution in [-0.2, 0) is 0 Å². The van der Waals surface area contributed by atoms with Crippen molar-refractivity contribution >= 4 is 17.3 Å². The van der Waals surface area contributed by atoms with Crippen molar-refractivity contribution in [2.24, 2.45) is 5.92 Å². The van der Waals surface area contributed by atoms with E-state index >= 15 is 0 Å². The molecule has 7 heteroatoms. The van der Waals surface area contributed by atoms with Crippen LogP contribution < -0.4 is 15.4 Å². The summed E-state index contributed by atoms with van der Waals surface area (Å²) in [5.41, 5.74) is 4.91. The largest absolute Gasteiger partial charge is 0.493 e. The molecule has 36 heavy (non-hydrogen) atoms. The summed E-state index contributed by atoms with van der Waals surface area (Å²) in [5, 5.41) is 12.3. The summed E-state index contributed by atoms with van der Waals surface area (Å²) >= 11 is 0. The second-order valence-corrected chi connectivity index (χ2v) is 10.5. The van der Waals surface area contributed by atoms with Crippen molar-refractivity contribution in [3.05, 3.63) is 54.7 Å². The summed E-state index contributed by atoms with van der Waals surface area (Å²) in [6, 6.07) is 17.7. The first-order valence-corrected chi connectivity index (χ1v) is 13.4. The minimum Gasteiger partial charge on any atom is -0.493 e. The zero-order valence-corrected chi connectivity index (χ0v) is 20.5. The number of aromatic nitrogens is 4. The van der Waals surface area contributed by atoms with Gasteiger partial charge in [0, 0.05) is 23.8 Å². The molecule has 0 atom stereocenters. The first kappa shape index (κ1) is 21.7. The Labute approximate surface area is 211 Å². The van der Waals surface area contributed by atoms with Gasteiger partial charge >= 0.3 is 0 Å². The fraction of sp³-hybridized carbons (Fsp3) is 0.414. The van der Waals surface area contributed by atoms with E-state index in [-0.39, 0.29) is 0 Å². The van der Waals surface area contributed by atoms with Gasteiger partial charge in [0.1, 0.15) is 17.3 Å². The van der Waals surface area contributed by atoms with Gasteiger partial charge in [-0.05, 0) is 86.9 Å². The molecule has 0 aliphatic heterocycles. The highest BCUT2D eigenvalue weighted by Gasteiger charge is 2.25. The molecule has 0 saturated heterocycles. The molecule has 2 N–H and O–H groups in total. The summed E-state index contributed by atoms with van der Waals surface area (Å²) in [6.07, 6.45) is 11.8. The number of hydrogen-bond acceptors (Lipinski definition) is 6. The topological polar surface area (TPSA) is 76.4 Å². The third kappa shape index (κ3) is 4.50. The Hall–Kier alpha value is -3.61. The quantitative estimate of drug-likeness (QED) is 0.298. The molecular weight excluding hydrogens is 448 g/mol. The van der Waals surface area contributed by atoms with Crippen LogP contribution in [0, 0.1) is 5.92 Å². The second kappa shape index (κ2) is 9.12. The lowest BCUT2D eigenvalue weighted by Gasteiger charge is -2.12. The molecule has 184 valence electrons. The Morgan fingerprint density at radius 1 is 0.861 bits per heavy atom. The Balaban J connectivity index is 1.29. The number of rotatable bonds is 9. The Kier molecular flexibility index (Phi) is 5.48. The van der Waals surface area contributed by atoms with Gasteiger partial charge in [-0.15, -0.1) is 0 Å². The van der Waals surface area contributed by atoms with Crippen LogP contribution in [0.4, 0.5) is 11.8 Å². The molecule has 0 radical (unpaired) electrons. The molecule has 7 nitrogen and oxygen atoms in total. The average Bonchev–Trinajstić information content (AvgIpc) is 3.82. The summed E-state index contributed by atoms with van der Waals surface area (Å²) in [4.78, 5) is 9.50. The first-order chi connectivity index (χ1) is 17.8. The molecular formula is C29H32N6O. The van der Waals surface area contributed by atoms with Gasteiger partial charge in [0.2, 0.25) is 5.95 Å². The van der Waals surface area contributed by atoms with Crippen LogP contribution in [0.1, 0.15) is 51.4 Å². The zero-order chi connectivity index (χ0) is 23.9. The van der Waals surface area contributed by atoms with Crippen LogP contribution in [0.25, 0.3) is 28.0 Å². The van der Waals surface area contributed by atoms with Crippen LogP contribution in [0.2, 0.25) is 0 Å². The van der Waals surface area contributed by atoms with Crippen LogP contribution in [0.3, 0.4) is 0 Å². The fourth-order valence-corrected chi connectivity index (χ4v) is 5.10. The number of fused-ring (bicyclic) bond motifs is 1. The second-order valence-electron chi connectivity index (χ2n) is 10.5. The monoisotopic (exact) mass is 480 g/mol. The molecule has 3 heterocycles. The van der Waals surface area contributed by atoms with Crippen molar-refractivity contribution in [2.75, 3.05) is 17.2 Å². The Morgan fingerprint density at radius 2 is 1.67 bits per heavy atom. The smallest absolute Gasteiger partial charge is 0.223 e. The maximum Gasteiger partial charge on any atom is 0.223 e. The van der Waals surface area contributed by atoms with Crippen LogP contribution in [-0.4, -0.2) is 38.3 Å². The molecule has 1 aromatic carbocycles. The molecule has 3 aliphatic rings. The SMILES string of the molecule is c1cc(NC2CC2)n2nc(-c3ccc(OCC4CC4)cc3)c(-c3ccnc(NC4CCCC4)n3)c2c1. The number of pyridine rings is 1. The van der Waals surface area contributed by atoms with Gasteiger partial charge in [-0.25, -0.2) is 14.5 Å². The maximum atomic E-state index is 5.98. The van der Waals surface area contributed by atoms with Crippen molar-refractivity contribution in [3.63, 3.8) is 0 Å². The highest BCUT2D eigenvalue weighted by molar-refractivity contribution is 5.91. The van der Waals surface area contributed by atoms with Crippen molar-refractivity contribution in [1.29, 1.82) is 0 Å².